The van der Waals surface area contributed by atoms with Crippen molar-refractivity contribution in [2.24, 2.45) is 0 Å². The summed E-state index contributed by atoms with van der Waals surface area (Å²) in [4.78, 5) is 13.7. The fraction of sp³-hybridized carbons (Fsp3) is 0.353. The number of aliphatic hydroxyl groups is 1. The minimum atomic E-state index is -0.927. The second kappa shape index (κ2) is 7.27. The molecule has 0 spiro atoms. The lowest BCUT2D eigenvalue weighted by Crippen LogP contribution is -2.40. The summed E-state index contributed by atoms with van der Waals surface area (Å²) in [5.74, 6) is -0.379. The van der Waals surface area contributed by atoms with Gasteiger partial charge in [-0.2, -0.15) is 0 Å². The third-order valence-corrected chi connectivity index (χ3v) is 4.42. The first-order valence-corrected chi connectivity index (χ1v) is 8.39. The highest BCUT2D eigenvalue weighted by Gasteiger charge is 2.23. The lowest BCUT2D eigenvalue weighted by molar-refractivity contribution is -0.123. The summed E-state index contributed by atoms with van der Waals surface area (Å²) in [6, 6.07) is 11.3. The molecule has 22 heavy (non-hydrogen) atoms. The van der Waals surface area contributed by atoms with Crippen molar-refractivity contribution in [3.8, 4) is 0 Å². The highest BCUT2D eigenvalue weighted by Crippen LogP contribution is 2.25. The van der Waals surface area contributed by atoms with E-state index in [1.807, 2.05) is 29.6 Å². The average molecular weight is 338 g/mol. The lowest BCUT2D eigenvalue weighted by atomic mass is 9.93. The number of rotatable bonds is 6. The van der Waals surface area contributed by atoms with E-state index in [1.54, 1.807) is 37.3 Å². The molecule has 2 rings (SSSR count). The quantitative estimate of drug-likeness (QED) is 0.846. The maximum absolute atomic E-state index is 12.6. The maximum Gasteiger partial charge on any atom is 0.228 e. The minimum Gasteiger partial charge on any atom is -0.389 e. The smallest absolute Gasteiger partial charge is 0.228 e. The van der Waals surface area contributed by atoms with Gasteiger partial charge in [0.15, 0.2) is 0 Å². The van der Waals surface area contributed by atoms with Gasteiger partial charge in [0.1, 0.15) is 0 Å². The zero-order valence-electron chi connectivity index (χ0n) is 12.7. The van der Waals surface area contributed by atoms with Gasteiger partial charge in [-0.1, -0.05) is 29.8 Å². The van der Waals surface area contributed by atoms with Gasteiger partial charge in [0, 0.05) is 16.4 Å². The van der Waals surface area contributed by atoms with E-state index in [0.29, 0.717) is 11.4 Å². The Morgan fingerprint density at radius 3 is 2.55 bits per heavy atom. The van der Waals surface area contributed by atoms with Crippen LogP contribution in [0.5, 0.6) is 0 Å². The number of carbonyl (C=O) groups excluding carboxylic acids is 1. The van der Waals surface area contributed by atoms with Gasteiger partial charge in [-0.05, 0) is 49.4 Å². The summed E-state index contributed by atoms with van der Waals surface area (Å²) < 4.78 is 0. The number of amides is 1. The van der Waals surface area contributed by atoms with Gasteiger partial charge in [0.05, 0.1) is 11.5 Å². The molecule has 2 aromatic rings. The summed E-state index contributed by atoms with van der Waals surface area (Å²) in [5.41, 5.74) is -0.00518. The summed E-state index contributed by atoms with van der Waals surface area (Å²) in [6.45, 7) is 3.56. The van der Waals surface area contributed by atoms with Gasteiger partial charge in [0.25, 0.3) is 0 Å². The van der Waals surface area contributed by atoms with Crippen molar-refractivity contribution in [3.63, 3.8) is 0 Å². The van der Waals surface area contributed by atoms with Crippen molar-refractivity contribution in [1.29, 1.82) is 0 Å². The number of thiophene rings is 1. The topological polar surface area (TPSA) is 49.3 Å². The highest BCUT2D eigenvalue weighted by atomic mass is 35.5. The summed E-state index contributed by atoms with van der Waals surface area (Å²) in [7, 11) is 0. The maximum atomic E-state index is 12.6. The molecule has 1 aromatic heterocycles. The predicted molar refractivity (Wildman–Crippen MR) is 91.5 cm³/mol. The average Bonchev–Trinajstić information content (AvgIpc) is 2.96. The Hall–Kier alpha value is -1.36. The van der Waals surface area contributed by atoms with Crippen LogP contribution in [-0.4, -0.2) is 23.2 Å². The third kappa shape index (κ3) is 5.13. The van der Waals surface area contributed by atoms with Gasteiger partial charge in [0.2, 0.25) is 5.91 Å². The molecule has 5 heteroatoms. The summed E-state index contributed by atoms with van der Waals surface area (Å²) in [5, 5.41) is 15.3. The number of hydrogen-bond donors (Lipinski definition) is 2. The van der Waals surface area contributed by atoms with Crippen LogP contribution in [0.2, 0.25) is 5.02 Å². The van der Waals surface area contributed by atoms with Crippen molar-refractivity contribution in [2.75, 3.05) is 6.54 Å². The molecular formula is C17H20ClNO2S. The first-order valence-electron chi connectivity index (χ1n) is 7.13. The normalized spacial score (nSPS) is 12.9. The molecule has 3 nitrogen and oxygen atoms in total. The van der Waals surface area contributed by atoms with Crippen LogP contribution in [0, 0.1) is 0 Å². The number of hydrogen-bond acceptors (Lipinski definition) is 3. The van der Waals surface area contributed by atoms with Crippen molar-refractivity contribution in [1.82, 2.24) is 5.32 Å². The van der Waals surface area contributed by atoms with Crippen LogP contribution in [-0.2, 0) is 11.2 Å². The SMILES string of the molecule is CC(C)(O)CNC(=O)C(Cc1cccs1)c1ccc(Cl)cc1. The molecule has 1 heterocycles. The molecule has 0 aliphatic rings. The van der Waals surface area contributed by atoms with E-state index in [-0.39, 0.29) is 18.4 Å². The second-order valence-corrected chi connectivity index (χ2v) is 7.39. The van der Waals surface area contributed by atoms with Gasteiger partial charge in [-0.3, -0.25) is 4.79 Å². The Morgan fingerprint density at radius 2 is 2.00 bits per heavy atom. The molecule has 0 radical (unpaired) electrons. The molecule has 0 aliphatic heterocycles. The van der Waals surface area contributed by atoms with Crippen LogP contribution >= 0.6 is 22.9 Å². The Labute approximate surface area is 139 Å². The number of halogens is 1. The van der Waals surface area contributed by atoms with Gasteiger partial charge < -0.3 is 10.4 Å². The summed E-state index contributed by atoms with van der Waals surface area (Å²) in [6.07, 6.45) is 0.636. The van der Waals surface area contributed by atoms with Gasteiger partial charge in [-0.25, -0.2) is 0 Å². The van der Waals surface area contributed by atoms with Crippen molar-refractivity contribution in [2.45, 2.75) is 31.8 Å². The van der Waals surface area contributed by atoms with Gasteiger partial charge >= 0.3 is 0 Å². The van der Waals surface area contributed by atoms with Crippen LogP contribution in [0.1, 0.15) is 30.2 Å². The van der Waals surface area contributed by atoms with Crippen LogP contribution in [0.4, 0.5) is 0 Å². The molecule has 0 fully saturated rings. The molecule has 1 amide bonds. The zero-order valence-corrected chi connectivity index (χ0v) is 14.2. The molecule has 0 saturated carbocycles. The number of carbonyl (C=O) groups is 1. The Kier molecular flexibility index (Phi) is 5.62. The standard InChI is InChI=1S/C17H20ClNO2S/c1-17(2,21)11-19-16(20)15(10-14-4-3-9-22-14)12-5-7-13(18)8-6-12/h3-9,15,21H,10-11H2,1-2H3,(H,19,20). The molecule has 1 aromatic carbocycles. The molecule has 118 valence electrons. The van der Waals surface area contributed by atoms with Crippen molar-refractivity contribution >= 4 is 28.8 Å². The number of nitrogens with one attached hydrogen (secondary N) is 1. The van der Waals surface area contributed by atoms with Crippen LogP contribution in [0.25, 0.3) is 0 Å². The van der Waals surface area contributed by atoms with Crippen LogP contribution in [0.3, 0.4) is 0 Å². The largest absolute Gasteiger partial charge is 0.389 e. The van der Waals surface area contributed by atoms with E-state index in [1.165, 1.54) is 0 Å². The van der Waals surface area contributed by atoms with Crippen molar-refractivity contribution < 1.29 is 9.90 Å². The Morgan fingerprint density at radius 1 is 1.32 bits per heavy atom. The van der Waals surface area contributed by atoms with E-state index >= 15 is 0 Å². The molecule has 1 unspecified atom stereocenters. The molecular weight excluding hydrogens is 318 g/mol. The summed E-state index contributed by atoms with van der Waals surface area (Å²) >= 11 is 7.56. The second-order valence-electron chi connectivity index (χ2n) is 5.92. The highest BCUT2D eigenvalue weighted by molar-refractivity contribution is 7.09. The predicted octanol–water partition coefficient (Wildman–Crippen LogP) is 3.61. The molecule has 1 atom stereocenters. The molecule has 2 N–H and O–H groups in total. The fourth-order valence-electron chi connectivity index (χ4n) is 2.11. The van der Waals surface area contributed by atoms with E-state index in [2.05, 4.69) is 5.32 Å². The van der Waals surface area contributed by atoms with Crippen LogP contribution in [0.15, 0.2) is 41.8 Å². The first kappa shape index (κ1) is 17.0. The van der Waals surface area contributed by atoms with E-state index in [9.17, 15) is 9.90 Å². The van der Waals surface area contributed by atoms with E-state index < -0.39 is 5.60 Å². The van der Waals surface area contributed by atoms with Crippen LogP contribution < -0.4 is 5.32 Å². The van der Waals surface area contributed by atoms with Crippen molar-refractivity contribution in [3.05, 3.63) is 57.2 Å². The Balaban J connectivity index is 2.17. The van der Waals surface area contributed by atoms with E-state index in [0.717, 1.165) is 10.4 Å². The fourth-order valence-corrected chi connectivity index (χ4v) is 2.99. The minimum absolute atomic E-state index is 0.0853. The molecule has 0 aliphatic carbocycles. The Bertz CT molecular complexity index is 603. The first-order chi connectivity index (χ1) is 10.3. The monoisotopic (exact) mass is 337 g/mol. The number of benzene rings is 1. The lowest BCUT2D eigenvalue weighted by Gasteiger charge is -2.21. The van der Waals surface area contributed by atoms with Gasteiger partial charge in [-0.15, -0.1) is 11.3 Å². The van der Waals surface area contributed by atoms with E-state index in [4.69, 9.17) is 11.6 Å². The third-order valence-electron chi connectivity index (χ3n) is 3.27. The molecule has 0 bridgehead atoms. The molecule has 0 saturated heterocycles. The zero-order chi connectivity index (χ0) is 16.2.